The summed E-state index contributed by atoms with van der Waals surface area (Å²) >= 11 is 19.4. The zero-order valence-corrected chi connectivity index (χ0v) is 22.6. The number of hydrogen-bond donors (Lipinski definition) is 0. The molecule has 3 aromatic rings. The number of imide groups is 1. The smallest absolute Gasteiger partial charge is 0.293 e. The Morgan fingerprint density at radius 3 is 2.31 bits per heavy atom. The quantitative estimate of drug-likeness (QED) is 0.259. The average molecular weight is 563 g/mol. The lowest BCUT2D eigenvalue weighted by molar-refractivity contribution is -0.123. The third-order valence-corrected chi connectivity index (χ3v) is 7.26. The highest BCUT2D eigenvalue weighted by Crippen LogP contribution is 2.40. The van der Waals surface area contributed by atoms with Gasteiger partial charge in [-0.1, -0.05) is 70.7 Å². The minimum Gasteiger partial charge on any atom is -0.490 e. The molecule has 9 heteroatoms. The van der Waals surface area contributed by atoms with Crippen LogP contribution in [0.5, 0.6) is 11.5 Å². The molecule has 1 aliphatic heterocycles. The van der Waals surface area contributed by atoms with Gasteiger partial charge in [0.15, 0.2) is 11.5 Å². The van der Waals surface area contributed by atoms with Gasteiger partial charge >= 0.3 is 0 Å². The Hall–Kier alpha value is -2.64. The largest absolute Gasteiger partial charge is 0.490 e. The summed E-state index contributed by atoms with van der Waals surface area (Å²) in [6, 6.07) is 16.4. The van der Waals surface area contributed by atoms with Crippen molar-refractivity contribution in [2.75, 3.05) is 6.61 Å². The number of nitrogens with zero attached hydrogens (tertiary/aromatic N) is 1. The lowest BCUT2D eigenvalue weighted by Gasteiger charge is -2.15. The van der Waals surface area contributed by atoms with Crippen molar-refractivity contribution in [2.45, 2.75) is 27.0 Å². The van der Waals surface area contributed by atoms with E-state index in [1.165, 1.54) is 4.90 Å². The normalized spacial score (nSPS) is 14.6. The van der Waals surface area contributed by atoms with E-state index in [1.54, 1.807) is 36.4 Å². The van der Waals surface area contributed by atoms with Gasteiger partial charge in [-0.05, 0) is 72.6 Å². The van der Waals surface area contributed by atoms with Crippen molar-refractivity contribution in [1.82, 2.24) is 4.90 Å². The van der Waals surface area contributed by atoms with Crippen molar-refractivity contribution in [3.05, 3.63) is 96.8 Å². The van der Waals surface area contributed by atoms with Crippen LogP contribution in [0.2, 0.25) is 15.1 Å². The fourth-order valence-electron chi connectivity index (χ4n) is 3.52. The number of carbonyl (C=O) groups excluding carboxylic acids is 2. The van der Waals surface area contributed by atoms with Crippen LogP contribution in [0.15, 0.2) is 59.5 Å². The van der Waals surface area contributed by atoms with E-state index < -0.39 is 5.91 Å². The van der Waals surface area contributed by atoms with Gasteiger partial charge in [-0.25, -0.2) is 0 Å². The molecule has 0 aromatic heterocycles. The maximum absolute atomic E-state index is 13.0. The molecule has 0 unspecified atom stereocenters. The fourth-order valence-corrected chi connectivity index (χ4v) is 4.95. The van der Waals surface area contributed by atoms with Crippen molar-refractivity contribution in [3.63, 3.8) is 0 Å². The summed E-state index contributed by atoms with van der Waals surface area (Å²) < 4.78 is 11.7. The van der Waals surface area contributed by atoms with Crippen LogP contribution in [0.3, 0.4) is 0 Å². The molecule has 0 N–H and O–H groups in total. The molecule has 0 aliphatic carbocycles. The number of rotatable bonds is 8. The first-order valence-electron chi connectivity index (χ1n) is 11.1. The van der Waals surface area contributed by atoms with E-state index >= 15 is 0 Å². The van der Waals surface area contributed by atoms with Crippen molar-refractivity contribution in [2.24, 2.45) is 0 Å². The first-order chi connectivity index (χ1) is 17.2. The molecule has 1 heterocycles. The molecule has 1 saturated heterocycles. The van der Waals surface area contributed by atoms with Crippen LogP contribution in [0, 0.1) is 6.92 Å². The predicted octanol–water partition coefficient (Wildman–Crippen LogP) is 8.17. The second-order valence-corrected chi connectivity index (χ2v) is 10.3. The van der Waals surface area contributed by atoms with Crippen molar-refractivity contribution >= 4 is 63.8 Å². The predicted molar refractivity (Wildman–Crippen MR) is 146 cm³/mol. The summed E-state index contributed by atoms with van der Waals surface area (Å²) in [6.07, 6.45) is 1.62. The van der Waals surface area contributed by atoms with E-state index in [-0.39, 0.29) is 16.7 Å². The van der Waals surface area contributed by atoms with Crippen molar-refractivity contribution in [1.29, 1.82) is 0 Å². The maximum atomic E-state index is 13.0. The third kappa shape index (κ3) is 6.19. The van der Waals surface area contributed by atoms with Gasteiger partial charge < -0.3 is 9.47 Å². The Kier molecular flexibility index (Phi) is 8.52. The minimum atomic E-state index is -0.398. The van der Waals surface area contributed by atoms with Gasteiger partial charge in [-0.3, -0.25) is 14.5 Å². The second kappa shape index (κ2) is 11.6. The van der Waals surface area contributed by atoms with E-state index in [1.807, 2.05) is 38.1 Å². The van der Waals surface area contributed by atoms with Gasteiger partial charge in [0.2, 0.25) is 0 Å². The SMILES string of the molecule is CCOc1cc(/C=C2\SC(=O)N(Cc3ccc(Cl)c(Cl)c3)C2=O)cc(Cl)c1OCc1ccc(C)cc1. The molecular formula is C27H22Cl3NO4S. The standard InChI is InChI=1S/C27H22Cl3NO4S/c1-3-34-23-12-19(11-22(30)25(23)35-15-17-6-4-16(2)5-7-17)13-24-26(32)31(27(33)36-24)14-18-8-9-20(28)21(29)10-18/h4-13H,3,14-15H2,1-2H3/b24-13-. The van der Waals surface area contributed by atoms with Crippen LogP contribution in [-0.4, -0.2) is 22.7 Å². The Balaban J connectivity index is 1.54. The molecule has 5 nitrogen and oxygen atoms in total. The Labute approximate surface area is 228 Å². The van der Waals surface area contributed by atoms with E-state index in [9.17, 15) is 9.59 Å². The molecule has 4 rings (SSSR count). The van der Waals surface area contributed by atoms with Crippen LogP contribution in [0.25, 0.3) is 6.08 Å². The van der Waals surface area contributed by atoms with E-state index in [0.717, 1.165) is 22.9 Å². The fraction of sp³-hybridized carbons (Fsp3) is 0.185. The maximum Gasteiger partial charge on any atom is 0.293 e. The molecule has 0 saturated carbocycles. The Morgan fingerprint density at radius 1 is 0.889 bits per heavy atom. The topological polar surface area (TPSA) is 55.8 Å². The molecule has 0 radical (unpaired) electrons. The molecule has 186 valence electrons. The highest BCUT2D eigenvalue weighted by Gasteiger charge is 2.35. The van der Waals surface area contributed by atoms with Crippen LogP contribution in [-0.2, 0) is 17.9 Å². The summed E-state index contributed by atoms with van der Waals surface area (Å²) in [4.78, 5) is 27.0. The number of aryl methyl sites for hydroxylation is 1. The summed E-state index contributed by atoms with van der Waals surface area (Å²) in [5.74, 6) is 0.479. The number of halogens is 3. The Morgan fingerprint density at radius 2 is 1.61 bits per heavy atom. The van der Waals surface area contributed by atoms with Gasteiger partial charge in [-0.2, -0.15) is 0 Å². The van der Waals surface area contributed by atoms with Crippen LogP contribution in [0.4, 0.5) is 4.79 Å². The molecule has 1 fully saturated rings. The summed E-state index contributed by atoms with van der Waals surface area (Å²) in [5.41, 5.74) is 3.48. The number of hydrogen-bond acceptors (Lipinski definition) is 5. The third-order valence-electron chi connectivity index (χ3n) is 5.33. The Bertz CT molecular complexity index is 1340. The monoisotopic (exact) mass is 561 g/mol. The molecule has 0 spiro atoms. The van der Waals surface area contributed by atoms with Gasteiger partial charge in [0.1, 0.15) is 6.61 Å². The van der Waals surface area contributed by atoms with Crippen LogP contribution >= 0.6 is 46.6 Å². The number of thioether (sulfide) groups is 1. The summed E-state index contributed by atoms with van der Waals surface area (Å²) in [7, 11) is 0. The summed E-state index contributed by atoms with van der Waals surface area (Å²) in [5, 5.41) is 0.739. The number of amides is 2. The van der Waals surface area contributed by atoms with Crippen LogP contribution < -0.4 is 9.47 Å². The van der Waals surface area contributed by atoms with E-state index in [0.29, 0.717) is 50.9 Å². The highest BCUT2D eigenvalue weighted by atomic mass is 35.5. The molecule has 0 atom stereocenters. The zero-order valence-electron chi connectivity index (χ0n) is 19.5. The molecule has 0 bridgehead atoms. The lowest BCUT2D eigenvalue weighted by atomic mass is 10.1. The van der Waals surface area contributed by atoms with E-state index in [4.69, 9.17) is 44.3 Å². The molecule has 36 heavy (non-hydrogen) atoms. The molecule has 2 amide bonds. The minimum absolute atomic E-state index is 0.0929. The van der Waals surface area contributed by atoms with Crippen LogP contribution in [0.1, 0.15) is 29.2 Å². The first-order valence-corrected chi connectivity index (χ1v) is 13.0. The molecule has 3 aromatic carbocycles. The summed E-state index contributed by atoms with van der Waals surface area (Å²) in [6.45, 7) is 4.71. The highest BCUT2D eigenvalue weighted by molar-refractivity contribution is 8.18. The zero-order chi connectivity index (χ0) is 25.8. The van der Waals surface area contributed by atoms with Gasteiger partial charge in [0.05, 0.1) is 33.1 Å². The number of ether oxygens (including phenoxy) is 2. The lowest BCUT2D eigenvalue weighted by Crippen LogP contribution is -2.27. The molecule has 1 aliphatic rings. The van der Waals surface area contributed by atoms with Crippen molar-refractivity contribution in [3.8, 4) is 11.5 Å². The van der Waals surface area contributed by atoms with Gasteiger partial charge in [0, 0.05) is 0 Å². The first kappa shape index (κ1) is 26.4. The number of carbonyl (C=O) groups is 2. The molecular weight excluding hydrogens is 541 g/mol. The average Bonchev–Trinajstić information content (AvgIpc) is 3.09. The number of benzene rings is 3. The van der Waals surface area contributed by atoms with E-state index in [2.05, 4.69) is 0 Å². The second-order valence-electron chi connectivity index (χ2n) is 8.05. The van der Waals surface area contributed by atoms with Gasteiger partial charge in [0.25, 0.3) is 11.1 Å². The van der Waals surface area contributed by atoms with Gasteiger partial charge in [-0.15, -0.1) is 0 Å². The van der Waals surface area contributed by atoms with Crippen molar-refractivity contribution < 1.29 is 19.1 Å².